The molecule has 114 valence electrons. The molecule has 0 bridgehead atoms. The topological polar surface area (TPSA) is 49.2 Å². The van der Waals surface area contributed by atoms with Crippen LogP contribution in [0, 0.1) is 0 Å². The van der Waals surface area contributed by atoms with Crippen molar-refractivity contribution in [3.8, 4) is 11.5 Å². The first-order valence-corrected chi connectivity index (χ1v) is 8.00. The molecule has 0 saturated heterocycles. The van der Waals surface area contributed by atoms with Gasteiger partial charge in [0.05, 0.1) is 12.1 Å². The highest BCUT2D eigenvalue weighted by Gasteiger charge is 2.14. The maximum atomic E-state index is 6.27. The molecule has 5 nitrogen and oxygen atoms in total. The zero-order chi connectivity index (χ0) is 15.4. The van der Waals surface area contributed by atoms with Gasteiger partial charge in [0.15, 0.2) is 17.3 Å². The van der Waals surface area contributed by atoms with Gasteiger partial charge in [-0.25, -0.2) is 9.67 Å². The third kappa shape index (κ3) is 3.68. The molecule has 0 unspecified atom stereocenters. The lowest BCUT2D eigenvalue weighted by molar-refractivity contribution is 0.266. The highest BCUT2D eigenvalue weighted by molar-refractivity contribution is 9.08. The third-order valence-corrected chi connectivity index (χ3v) is 3.85. The number of halogens is 2. The van der Waals surface area contributed by atoms with Crippen LogP contribution in [0.3, 0.4) is 0 Å². The highest BCUT2D eigenvalue weighted by Crippen LogP contribution is 2.37. The number of aromatic nitrogens is 3. The van der Waals surface area contributed by atoms with Gasteiger partial charge in [0.1, 0.15) is 12.9 Å². The number of ether oxygens (including phenoxy) is 2. The molecule has 0 fully saturated rings. The van der Waals surface area contributed by atoms with Gasteiger partial charge in [-0.05, 0) is 31.5 Å². The zero-order valence-electron chi connectivity index (χ0n) is 12.1. The van der Waals surface area contributed by atoms with Gasteiger partial charge in [0.2, 0.25) is 0 Å². The molecule has 0 aliphatic heterocycles. The number of nitrogens with zero attached hydrogens (tertiary/aromatic N) is 3. The number of rotatable bonds is 6. The average molecular weight is 375 g/mol. The Morgan fingerprint density at radius 3 is 2.76 bits per heavy atom. The summed E-state index contributed by atoms with van der Waals surface area (Å²) in [6.45, 7) is 4.36. The Hall–Kier alpha value is -1.27. The van der Waals surface area contributed by atoms with E-state index in [-0.39, 0.29) is 12.6 Å². The van der Waals surface area contributed by atoms with E-state index in [1.54, 1.807) is 7.11 Å². The molecule has 0 aliphatic rings. The van der Waals surface area contributed by atoms with Gasteiger partial charge in [-0.15, -0.1) is 0 Å². The van der Waals surface area contributed by atoms with Crippen molar-refractivity contribution in [1.82, 2.24) is 14.8 Å². The maximum Gasteiger partial charge on any atom is 0.180 e. The number of alkyl halides is 1. The normalized spacial score (nSPS) is 11.0. The van der Waals surface area contributed by atoms with Gasteiger partial charge in [0.25, 0.3) is 0 Å². The SMILES string of the molecule is COc1cc(CBr)cc(Cl)c1OCc1ncnn1C(C)C. The molecule has 1 heterocycles. The molecular formula is C14H17BrClN3O2. The van der Waals surface area contributed by atoms with E-state index in [0.29, 0.717) is 21.9 Å². The molecule has 0 N–H and O–H groups in total. The van der Waals surface area contributed by atoms with Gasteiger partial charge in [-0.2, -0.15) is 5.10 Å². The standard InChI is InChI=1S/C14H17BrClN3O2/c1-9(2)19-13(17-8-18-19)7-21-14-11(16)4-10(6-15)5-12(14)20-3/h4-5,8-9H,6-7H2,1-3H3. The molecule has 0 atom stereocenters. The lowest BCUT2D eigenvalue weighted by atomic mass is 10.2. The maximum absolute atomic E-state index is 6.27. The van der Waals surface area contributed by atoms with Crippen molar-refractivity contribution >= 4 is 27.5 Å². The minimum absolute atomic E-state index is 0.222. The second-order valence-electron chi connectivity index (χ2n) is 4.75. The molecule has 7 heteroatoms. The molecule has 2 aromatic rings. The Morgan fingerprint density at radius 2 is 2.14 bits per heavy atom. The summed E-state index contributed by atoms with van der Waals surface area (Å²) in [5.74, 6) is 1.86. The van der Waals surface area contributed by atoms with Gasteiger partial charge in [-0.3, -0.25) is 0 Å². The van der Waals surface area contributed by atoms with E-state index in [2.05, 4.69) is 26.0 Å². The van der Waals surface area contributed by atoms with Crippen molar-refractivity contribution in [3.05, 3.63) is 34.9 Å². The summed E-state index contributed by atoms with van der Waals surface area (Å²) >= 11 is 9.66. The molecule has 0 amide bonds. The Labute approximate surface area is 137 Å². The minimum Gasteiger partial charge on any atom is -0.493 e. The molecule has 2 rings (SSSR count). The fraction of sp³-hybridized carbons (Fsp3) is 0.429. The molecule has 0 saturated carbocycles. The zero-order valence-corrected chi connectivity index (χ0v) is 14.5. The Morgan fingerprint density at radius 1 is 1.38 bits per heavy atom. The van der Waals surface area contributed by atoms with Gasteiger partial charge >= 0.3 is 0 Å². The van der Waals surface area contributed by atoms with Crippen LogP contribution in [-0.4, -0.2) is 21.9 Å². The van der Waals surface area contributed by atoms with Crippen molar-refractivity contribution < 1.29 is 9.47 Å². The first-order chi connectivity index (χ1) is 10.1. The quantitative estimate of drug-likeness (QED) is 0.717. The summed E-state index contributed by atoms with van der Waals surface area (Å²) in [4.78, 5) is 4.21. The number of hydrogen-bond donors (Lipinski definition) is 0. The van der Waals surface area contributed by atoms with Crippen LogP contribution in [0.15, 0.2) is 18.5 Å². The average Bonchev–Trinajstić information content (AvgIpc) is 2.93. The van der Waals surface area contributed by atoms with Crippen molar-refractivity contribution in [1.29, 1.82) is 0 Å². The third-order valence-electron chi connectivity index (χ3n) is 2.93. The van der Waals surface area contributed by atoms with E-state index in [1.165, 1.54) is 6.33 Å². The molecule has 0 aliphatic carbocycles. The van der Waals surface area contributed by atoms with Crippen LogP contribution >= 0.6 is 27.5 Å². The number of hydrogen-bond acceptors (Lipinski definition) is 4. The fourth-order valence-corrected chi connectivity index (χ4v) is 2.55. The van der Waals surface area contributed by atoms with E-state index < -0.39 is 0 Å². The highest BCUT2D eigenvalue weighted by atomic mass is 79.9. The van der Waals surface area contributed by atoms with Crippen LogP contribution in [0.1, 0.15) is 31.3 Å². The molecule has 1 aromatic carbocycles. The first-order valence-electron chi connectivity index (χ1n) is 6.50. The largest absolute Gasteiger partial charge is 0.493 e. The Bertz CT molecular complexity index is 616. The van der Waals surface area contributed by atoms with Crippen LogP contribution in [0.5, 0.6) is 11.5 Å². The van der Waals surface area contributed by atoms with E-state index in [0.717, 1.165) is 11.4 Å². The van der Waals surface area contributed by atoms with Crippen LogP contribution in [-0.2, 0) is 11.9 Å². The van der Waals surface area contributed by atoms with Crippen molar-refractivity contribution in [2.45, 2.75) is 31.8 Å². The van der Waals surface area contributed by atoms with Crippen molar-refractivity contribution in [2.75, 3.05) is 7.11 Å². The molecule has 21 heavy (non-hydrogen) atoms. The van der Waals surface area contributed by atoms with Crippen LogP contribution in [0.2, 0.25) is 5.02 Å². The monoisotopic (exact) mass is 373 g/mol. The Kier molecular flexibility index (Phi) is 5.47. The second-order valence-corrected chi connectivity index (χ2v) is 5.71. The minimum atomic E-state index is 0.222. The first kappa shape index (κ1) is 16.1. The van der Waals surface area contributed by atoms with Crippen LogP contribution in [0.4, 0.5) is 0 Å². The second kappa shape index (κ2) is 7.13. The summed E-state index contributed by atoms with van der Waals surface area (Å²) in [5.41, 5.74) is 1.02. The van der Waals surface area contributed by atoms with E-state index >= 15 is 0 Å². The van der Waals surface area contributed by atoms with Gasteiger partial charge in [0, 0.05) is 11.4 Å². The van der Waals surface area contributed by atoms with Crippen LogP contribution in [0.25, 0.3) is 0 Å². The molecule has 1 aromatic heterocycles. The van der Waals surface area contributed by atoms with Gasteiger partial charge < -0.3 is 9.47 Å². The summed E-state index contributed by atoms with van der Waals surface area (Å²) in [7, 11) is 1.59. The Balaban J connectivity index is 2.21. The molecule has 0 spiro atoms. The summed E-state index contributed by atoms with van der Waals surface area (Å²) in [6, 6.07) is 3.96. The predicted molar refractivity (Wildman–Crippen MR) is 85.4 cm³/mol. The fourth-order valence-electron chi connectivity index (χ4n) is 1.94. The number of benzene rings is 1. The lowest BCUT2D eigenvalue weighted by Gasteiger charge is -2.14. The van der Waals surface area contributed by atoms with E-state index in [4.69, 9.17) is 21.1 Å². The smallest absolute Gasteiger partial charge is 0.180 e. The van der Waals surface area contributed by atoms with Crippen LogP contribution < -0.4 is 9.47 Å². The summed E-state index contributed by atoms with van der Waals surface area (Å²) in [6.07, 6.45) is 1.52. The van der Waals surface area contributed by atoms with Crippen molar-refractivity contribution in [2.24, 2.45) is 0 Å². The van der Waals surface area contributed by atoms with E-state index in [1.807, 2.05) is 30.7 Å². The van der Waals surface area contributed by atoms with E-state index in [9.17, 15) is 0 Å². The van der Waals surface area contributed by atoms with Gasteiger partial charge in [-0.1, -0.05) is 27.5 Å². The summed E-state index contributed by atoms with van der Waals surface area (Å²) < 4.78 is 13.0. The molecular weight excluding hydrogens is 358 g/mol. The lowest BCUT2D eigenvalue weighted by Crippen LogP contribution is -2.11. The summed E-state index contributed by atoms with van der Waals surface area (Å²) in [5, 5.41) is 5.39. The predicted octanol–water partition coefficient (Wildman–Crippen LogP) is 3.99. The molecule has 0 radical (unpaired) electrons. The number of methoxy groups -OCH3 is 1. The van der Waals surface area contributed by atoms with Crippen molar-refractivity contribution in [3.63, 3.8) is 0 Å².